The lowest BCUT2D eigenvalue weighted by molar-refractivity contribution is -0.122. The topological polar surface area (TPSA) is 77.2 Å². The van der Waals surface area contributed by atoms with Crippen molar-refractivity contribution in [3.05, 3.63) is 41.5 Å². The molecular formula is C16H19N3O3. The van der Waals surface area contributed by atoms with Crippen LogP contribution in [0.1, 0.15) is 49.0 Å². The first-order valence-corrected chi connectivity index (χ1v) is 7.45. The third-order valence-electron chi connectivity index (χ3n) is 3.81. The molecule has 2 aromatic rings. The van der Waals surface area contributed by atoms with Crippen molar-refractivity contribution < 1.29 is 14.1 Å². The molecule has 1 N–H and O–H groups in total. The van der Waals surface area contributed by atoms with E-state index in [2.05, 4.69) is 15.5 Å². The maximum Gasteiger partial charge on any atom is 0.248 e. The van der Waals surface area contributed by atoms with Crippen LogP contribution >= 0.6 is 0 Å². The van der Waals surface area contributed by atoms with Gasteiger partial charge in [-0.1, -0.05) is 23.4 Å². The molecule has 0 radical (unpaired) electrons. The Bertz CT molecular complexity index is 668. The number of benzene rings is 1. The van der Waals surface area contributed by atoms with Gasteiger partial charge in [0.15, 0.2) is 5.82 Å². The second-order valence-corrected chi connectivity index (χ2v) is 5.55. The molecule has 22 heavy (non-hydrogen) atoms. The van der Waals surface area contributed by atoms with Crippen molar-refractivity contribution >= 4 is 5.91 Å². The van der Waals surface area contributed by atoms with E-state index in [1.165, 1.54) is 0 Å². The van der Waals surface area contributed by atoms with Crippen LogP contribution in [0.2, 0.25) is 0 Å². The summed E-state index contributed by atoms with van der Waals surface area (Å²) in [5.41, 5.74) is 1.10. The average Bonchev–Trinajstić information content (AvgIpc) is 2.94. The monoisotopic (exact) mass is 301 g/mol. The van der Waals surface area contributed by atoms with Crippen LogP contribution in [-0.2, 0) is 4.79 Å². The number of aryl methyl sites for hydroxylation is 1. The van der Waals surface area contributed by atoms with E-state index in [9.17, 15) is 4.79 Å². The lowest BCUT2D eigenvalue weighted by Gasteiger charge is -2.25. The smallest absolute Gasteiger partial charge is 0.248 e. The van der Waals surface area contributed by atoms with Crippen LogP contribution in [0.4, 0.5) is 0 Å². The summed E-state index contributed by atoms with van der Waals surface area (Å²) in [5, 5.41) is 6.65. The third-order valence-corrected chi connectivity index (χ3v) is 3.81. The highest BCUT2D eigenvalue weighted by atomic mass is 16.5. The molecule has 6 nitrogen and oxygen atoms in total. The van der Waals surface area contributed by atoms with Gasteiger partial charge in [-0.2, -0.15) is 4.98 Å². The van der Waals surface area contributed by atoms with Crippen molar-refractivity contribution in [3.63, 3.8) is 0 Å². The van der Waals surface area contributed by atoms with E-state index in [0.29, 0.717) is 24.7 Å². The number of amides is 1. The zero-order valence-corrected chi connectivity index (χ0v) is 12.7. The highest BCUT2D eigenvalue weighted by molar-refractivity contribution is 5.77. The van der Waals surface area contributed by atoms with Crippen molar-refractivity contribution in [2.24, 2.45) is 0 Å². The Morgan fingerprint density at radius 2 is 2.27 bits per heavy atom. The minimum absolute atomic E-state index is 0.0231. The minimum Gasteiger partial charge on any atom is -0.493 e. The Hall–Kier alpha value is -2.37. The zero-order valence-electron chi connectivity index (χ0n) is 12.7. The summed E-state index contributed by atoms with van der Waals surface area (Å²) in [6.45, 7) is 4.23. The molecule has 0 aliphatic carbocycles. The Kier molecular flexibility index (Phi) is 4.09. The Morgan fingerprint density at radius 1 is 1.45 bits per heavy atom. The second kappa shape index (κ2) is 6.17. The van der Waals surface area contributed by atoms with E-state index in [1.807, 2.05) is 31.2 Å². The maximum absolute atomic E-state index is 12.3. The lowest BCUT2D eigenvalue weighted by Crippen LogP contribution is -2.29. The van der Waals surface area contributed by atoms with Crippen LogP contribution in [0.5, 0.6) is 5.75 Å². The van der Waals surface area contributed by atoms with Crippen molar-refractivity contribution in [1.82, 2.24) is 15.5 Å². The van der Waals surface area contributed by atoms with E-state index in [-0.39, 0.29) is 17.9 Å². The van der Waals surface area contributed by atoms with E-state index in [0.717, 1.165) is 17.7 Å². The van der Waals surface area contributed by atoms with Crippen LogP contribution in [0, 0.1) is 6.92 Å². The van der Waals surface area contributed by atoms with Gasteiger partial charge in [-0.05, 0) is 37.8 Å². The number of carbonyl (C=O) groups is 1. The number of aromatic nitrogens is 2. The molecule has 2 heterocycles. The quantitative estimate of drug-likeness (QED) is 0.939. The maximum atomic E-state index is 12.3. The number of rotatable bonds is 4. The summed E-state index contributed by atoms with van der Waals surface area (Å²) in [5.74, 6) is 2.03. The fourth-order valence-electron chi connectivity index (χ4n) is 2.70. The van der Waals surface area contributed by atoms with Gasteiger partial charge < -0.3 is 14.6 Å². The standard InChI is InChI=1S/C16H19N3O3/c1-10(16-18-11(2)19-22-16)17-15(20)9-12-7-8-21-14-6-4-3-5-13(12)14/h3-6,10,12H,7-9H2,1-2H3,(H,17,20)/t10-,12-/m1/s1. The largest absolute Gasteiger partial charge is 0.493 e. The van der Waals surface area contributed by atoms with Gasteiger partial charge >= 0.3 is 0 Å². The molecule has 0 fully saturated rings. The zero-order chi connectivity index (χ0) is 15.5. The summed E-state index contributed by atoms with van der Waals surface area (Å²) in [7, 11) is 0. The molecule has 1 aliphatic heterocycles. The predicted octanol–water partition coefficient (Wildman–Crippen LogP) is 2.51. The lowest BCUT2D eigenvalue weighted by atomic mass is 9.90. The summed E-state index contributed by atoms with van der Waals surface area (Å²) in [6, 6.07) is 7.60. The number of ether oxygens (including phenoxy) is 1. The number of nitrogens with zero attached hydrogens (tertiary/aromatic N) is 2. The highest BCUT2D eigenvalue weighted by Crippen LogP contribution is 2.35. The van der Waals surface area contributed by atoms with E-state index in [1.54, 1.807) is 6.92 Å². The first-order valence-electron chi connectivity index (χ1n) is 7.45. The van der Waals surface area contributed by atoms with Gasteiger partial charge in [0.05, 0.1) is 6.61 Å². The molecule has 1 aromatic carbocycles. The summed E-state index contributed by atoms with van der Waals surface area (Å²) in [4.78, 5) is 16.4. The molecule has 0 saturated heterocycles. The van der Waals surface area contributed by atoms with Gasteiger partial charge in [-0.25, -0.2) is 0 Å². The van der Waals surface area contributed by atoms with Crippen LogP contribution in [0.25, 0.3) is 0 Å². The van der Waals surface area contributed by atoms with Crippen molar-refractivity contribution in [1.29, 1.82) is 0 Å². The van der Waals surface area contributed by atoms with Gasteiger partial charge in [0.25, 0.3) is 0 Å². The van der Waals surface area contributed by atoms with E-state index >= 15 is 0 Å². The third kappa shape index (κ3) is 3.10. The number of fused-ring (bicyclic) bond motifs is 1. The normalized spacial score (nSPS) is 18.2. The van der Waals surface area contributed by atoms with Gasteiger partial charge in [0.1, 0.15) is 11.8 Å². The second-order valence-electron chi connectivity index (χ2n) is 5.55. The number of carbonyl (C=O) groups excluding carboxylic acids is 1. The van der Waals surface area contributed by atoms with Crippen LogP contribution in [0.15, 0.2) is 28.8 Å². The van der Waals surface area contributed by atoms with Crippen molar-refractivity contribution in [2.45, 2.75) is 38.6 Å². The van der Waals surface area contributed by atoms with Gasteiger partial charge in [-0.15, -0.1) is 0 Å². The molecule has 0 saturated carbocycles. The van der Waals surface area contributed by atoms with Crippen molar-refractivity contribution in [3.8, 4) is 5.75 Å². The van der Waals surface area contributed by atoms with Gasteiger partial charge in [0.2, 0.25) is 11.8 Å². The molecule has 1 aliphatic rings. The average molecular weight is 301 g/mol. The van der Waals surface area contributed by atoms with Gasteiger partial charge in [-0.3, -0.25) is 4.79 Å². The molecule has 1 amide bonds. The molecule has 0 spiro atoms. The first kappa shape index (κ1) is 14.6. The molecule has 116 valence electrons. The first-order chi connectivity index (χ1) is 10.6. The molecular weight excluding hydrogens is 282 g/mol. The molecule has 0 unspecified atom stereocenters. The fraction of sp³-hybridized carbons (Fsp3) is 0.438. The number of hydrogen-bond donors (Lipinski definition) is 1. The summed E-state index contributed by atoms with van der Waals surface area (Å²) >= 11 is 0. The number of para-hydroxylation sites is 1. The Morgan fingerprint density at radius 3 is 3.05 bits per heavy atom. The summed E-state index contributed by atoms with van der Waals surface area (Å²) < 4.78 is 10.7. The molecule has 2 atom stereocenters. The summed E-state index contributed by atoms with van der Waals surface area (Å²) in [6.07, 6.45) is 1.27. The minimum atomic E-state index is -0.288. The molecule has 0 bridgehead atoms. The van der Waals surface area contributed by atoms with Gasteiger partial charge in [0, 0.05) is 6.42 Å². The fourth-order valence-corrected chi connectivity index (χ4v) is 2.70. The van der Waals surface area contributed by atoms with Crippen LogP contribution in [-0.4, -0.2) is 22.7 Å². The molecule has 1 aromatic heterocycles. The highest BCUT2D eigenvalue weighted by Gasteiger charge is 2.24. The SMILES string of the molecule is Cc1noc([C@@H](C)NC(=O)C[C@H]2CCOc3ccccc32)n1. The van der Waals surface area contributed by atoms with Crippen LogP contribution in [0.3, 0.4) is 0 Å². The van der Waals surface area contributed by atoms with Crippen LogP contribution < -0.4 is 10.1 Å². The van der Waals surface area contributed by atoms with E-state index < -0.39 is 0 Å². The number of nitrogens with one attached hydrogen (secondary N) is 1. The predicted molar refractivity (Wildman–Crippen MR) is 79.5 cm³/mol. The molecule has 3 rings (SSSR count). The van der Waals surface area contributed by atoms with Crippen molar-refractivity contribution in [2.75, 3.05) is 6.61 Å². The molecule has 6 heteroatoms. The Balaban J connectivity index is 1.63. The Labute approximate surface area is 128 Å². The van der Waals surface area contributed by atoms with E-state index in [4.69, 9.17) is 9.26 Å². The number of hydrogen-bond acceptors (Lipinski definition) is 5.